The number of fused-ring (bicyclic) bond motifs is 1. The molecule has 2 aromatic rings. The molecule has 0 aliphatic carbocycles. The van der Waals surface area contributed by atoms with Gasteiger partial charge >= 0.3 is 0 Å². The minimum Gasteiger partial charge on any atom is -0.336 e. The van der Waals surface area contributed by atoms with Gasteiger partial charge in [-0.3, -0.25) is 0 Å². The fourth-order valence-corrected chi connectivity index (χ4v) is 3.26. The number of benzene rings is 1. The number of hydrogen-bond acceptors (Lipinski definition) is 1. The molecule has 1 aromatic carbocycles. The van der Waals surface area contributed by atoms with Crippen LogP contribution in [0.4, 0.5) is 0 Å². The van der Waals surface area contributed by atoms with E-state index in [4.69, 9.17) is 0 Å². The van der Waals surface area contributed by atoms with Crippen LogP contribution in [0, 0.1) is 0 Å². The third kappa shape index (κ3) is 1.60. The molecule has 0 fully saturated rings. The maximum Gasteiger partial charge on any atom is 0.138 e. The van der Waals surface area contributed by atoms with Crippen LogP contribution in [0.1, 0.15) is 22.0 Å². The highest BCUT2D eigenvalue weighted by Gasteiger charge is 2.25. The fourth-order valence-electron chi connectivity index (χ4n) is 2.31. The Bertz CT molecular complexity index is 447. The van der Waals surface area contributed by atoms with Gasteiger partial charge in [0.25, 0.3) is 0 Å². The first-order valence-electron chi connectivity index (χ1n) is 5.40. The molecule has 1 atom stereocenters. The van der Waals surface area contributed by atoms with Gasteiger partial charge < -0.3 is 5.32 Å². The molecule has 0 unspecified atom stereocenters. The lowest BCUT2D eigenvalue weighted by Gasteiger charge is -2.21. The predicted molar refractivity (Wildman–Crippen MR) is 63.1 cm³/mol. The van der Waals surface area contributed by atoms with Crippen LogP contribution in [0.5, 0.6) is 0 Å². The predicted octanol–water partition coefficient (Wildman–Crippen LogP) is 1.96. The van der Waals surface area contributed by atoms with Crippen molar-refractivity contribution >= 4 is 11.3 Å². The lowest BCUT2D eigenvalue weighted by atomic mass is 9.96. The van der Waals surface area contributed by atoms with Crippen LogP contribution < -0.4 is 5.32 Å². The first kappa shape index (κ1) is 9.13. The van der Waals surface area contributed by atoms with Crippen LogP contribution in [-0.2, 0) is 6.42 Å². The van der Waals surface area contributed by atoms with Gasteiger partial charge in [-0.2, -0.15) is 0 Å². The summed E-state index contributed by atoms with van der Waals surface area (Å²) < 4.78 is 0. The molecular weight excluding hydrogens is 202 g/mol. The second kappa shape index (κ2) is 3.80. The molecule has 3 rings (SSSR count). The quantitative estimate of drug-likeness (QED) is 0.750. The van der Waals surface area contributed by atoms with Crippen molar-refractivity contribution < 1.29 is 5.32 Å². The largest absolute Gasteiger partial charge is 0.336 e. The summed E-state index contributed by atoms with van der Waals surface area (Å²) in [6, 6.07) is 13.6. The molecule has 2 heterocycles. The smallest absolute Gasteiger partial charge is 0.138 e. The Hall–Kier alpha value is -1.12. The molecule has 2 N–H and O–H groups in total. The van der Waals surface area contributed by atoms with Gasteiger partial charge in [-0.1, -0.05) is 30.3 Å². The summed E-state index contributed by atoms with van der Waals surface area (Å²) in [5, 5.41) is 4.67. The summed E-state index contributed by atoms with van der Waals surface area (Å²) in [4.78, 5) is 1.58. The highest BCUT2D eigenvalue weighted by molar-refractivity contribution is 7.10. The molecule has 0 bridgehead atoms. The van der Waals surface area contributed by atoms with E-state index in [0.29, 0.717) is 6.04 Å². The topological polar surface area (TPSA) is 16.6 Å². The SMILES string of the molecule is c1ccc([C@H]2[NH2+]CCc3sccc32)cc1. The van der Waals surface area contributed by atoms with Crippen LogP contribution in [0.15, 0.2) is 41.8 Å². The summed E-state index contributed by atoms with van der Waals surface area (Å²) in [6.45, 7) is 1.22. The Balaban J connectivity index is 2.03. The molecule has 0 amide bonds. The minimum atomic E-state index is 0.529. The Labute approximate surface area is 93.8 Å². The summed E-state index contributed by atoms with van der Waals surface area (Å²) in [6.07, 6.45) is 1.23. The fraction of sp³-hybridized carbons (Fsp3) is 0.231. The third-order valence-electron chi connectivity index (χ3n) is 3.05. The maximum atomic E-state index is 2.45. The monoisotopic (exact) mass is 216 g/mol. The van der Waals surface area contributed by atoms with Crippen molar-refractivity contribution in [3.8, 4) is 0 Å². The van der Waals surface area contributed by atoms with Crippen molar-refractivity contribution in [3.63, 3.8) is 0 Å². The van der Waals surface area contributed by atoms with E-state index in [9.17, 15) is 0 Å². The third-order valence-corrected chi connectivity index (χ3v) is 4.04. The normalized spacial score (nSPS) is 19.9. The van der Waals surface area contributed by atoms with E-state index in [1.807, 2.05) is 11.3 Å². The highest BCUT2D eigenvalue weighted by Crippen LogP contribution is 2.28. The molecule has 0 spiro atoms. The van der Waals surface area contributed by atoms with Gasteiger partial charge in [-0.15, -0.1) is 11.3 Å². The number of nitrogens with two attached hydrogens (primary N) is 1. The molecule has 1 aliphatic heterocycles. The molecule has 76 valence electrons. The van der Waals surface area contributed by atoms with Crippen molar-refractivity contribution in [1.82, 2.24) is 0 Å². The first-order valence-corrected chi connectivity index (χ1v) is 6.27. The second-order valence-electron chi connectivity index (χ2n) is 3.96. The van der Waals surface area contributed by atoms with E-state index in [2.05, 4.69) is 47.1 Å². The van der Waals surface area contributed by atoms with Gasteiger partial charge in [0, 0.05) is 22.4 Å². The Kier molecular flexibility index (Phi) is 2.31. The Morgan fingerprint density at radius 3 is 2.87 bits per heavy atom. The van der Waals surface area contributed by atoms with E-state index in [1.165, 1.54) is 24.1 Å². The van der Waals surface area contributed by atoms with Crippen LogP contribution in [-0.4, -0.2) is 6.54 Å². The number of hydrogen-bond donors (Lipinski definition) is 1. The zero-order valence-corrected chi connectivity index (χ0v) is 9.34. The number of rotatable bonds is 1. The lowest BCUT2D eigenvalue weighted by molar-refractivity contribution is -0.689. The van der Waals surface area contributed by atoms with Crippen molar-refractivity contribution in [2.24, 2.45) is 0 Å². The van der Waals surface area contributed by atoms with E-state index >= 15 is 0 Å². The van der Waals surface area contributed by atoms with Crippen molar-refractivity contribution in [2.75, 3.05) is 6.54 Å². The summed E-state index contributed by atoms with van der Waals surface area (Å²) in [7, 11) is 0. The van der Waals surface area contributed by atoms with Gasteiger partial charge in [0.05, 0.1) is 6.54 Å². The molecule has 15 heavy (non-hydrogen) atoms. The lowest BCUT2D eigenvalue weighted by Crippen LogP contribution is -2.87. The van der Waals surface area contributed by atoms with E-state index < -0.39 is 0 Å². The van der Waals surface area contributed by atoms with Gasteiger partial charge in [-0.05, 0) is 11.4 Å². The van der Waals surface area contributed by atoms with Gasteiger partial charge in [0.15, 0.2) is 0 Å². The Morgan fingerprint density at radius 1 is 1.13 bits per heavy atom. The maximum absolute atomic E-state index is 2.45. The van der Waals surface area contributed by atoms with E-state index in [0.717, 1.165) is 0 Å². The molecular formula is C13H14NS+. The molecule has 0 saturated carbocycles. The van der Waals surface area contributed by atoms with Crippen LogP contribution >= 0.6 is 11.3 Å². The van der Waals surface area contributed by atoms with Gasteiger partial charge in [-0.25, -0.2) is 0 Å². The number of thiophene rings is 1. The highest BCUT2D eigenvalue weighted by atomic mass is 32.1. The molecule has 0 radical (unpaired) electrons. The zero-order valence-electron chi connectivity index (χ0n) is 8.52. The van der Waals surface area contributed by atoms with E-state index in [1.54, 1.807) is 4.88 Å². The minimum absolute atomic E-state index is 0.529. The van der Waals surface area contributed by atoms with Gasteiger partial charge in [0.1, 0.15) is 6.04 Å². The average molecular weight is 216 g/mol. The van der Waals surface area contributed by atoms with Crippen molar-refractivity contribution in [1.29, 1.82) is 0 Å². The second-order valence-corrected chi connectivity index (χ2v) is 4.96. The summed E-state index contributed by atoms with van der Waals surface area (Å²) in [5.41, 5.74) is 2.95. The average Bonchev–Trinajstić information content (AvgIpc) is 2.78. The molecule has 1 nitrogen and oxygen atoms in total. The van der Waals surface area contributed by atoms with Crippen LogP contribution in [0.2, 0.25) is 0 Å². The molecule has 1 aromatic heterocycles. The molecule has 1 aliphatic rings. The van der Waals surface area contributed by atoms with Gasteiger partial charge in [0.2, 0.25) is 0 Å². The zero-order chi connectivity index (χ0) is 10.1. The summed E-state index contributed by atoms with van der Waals surface area (Å²) >= 11 is 1.90. The van der Waals surface area contributed by atoms with Crippen LogP contribution in [0.25, 0.3) is 0 Å². The van der Waals surface area contributed by atoms with E-state index in [-0.39, 0.29) is 0 Å². The molecule has 0 saturated heterocycles. The van der Waals surface area contributed by atoms with Crippen molar-refractivity contribution in [3.05, 3.63) is 57.8 Å². The first-order chi connectivity index (χ1) is 7.45. The standard InChI is InChI=1S/C13H13NS/c1-2-4-10(5-3-1)13-11-7-9-15-12(11)6-8-14-13/h1-5,7,9,13-14H,6,8H2/p+1/t13-/m1/s1. The van der Waals surface area contributed by atoms with Crippen LogP contribution in [0.3, 0.4) is 0 Å². The molecule has 2 heteroatoms. The van der Waals surface area contributed by atoms with Crippen molar-refractivity contribution in [2.45, 2.75) is 12.5 Å². The Morgan fingerprint density at radius 2 is 2.00 bits per heavy atom. The summed E-state index contributed by atoms with van der Waals surface area (Å²) in [5.74, 6) is 0. The number of quaternary nitrogens is 1.